The Bertz CT molecular complexity index is 541. The van der Waals surface area contributed by atoms with Gasteiger partial charge in [-0.3, -0.25) is 0 Å². The lowest BCUT2D eigenvalue weighted by atomic mass is 10.0. The molecular weight excluding hydrogens is 256 g/mol. The number of aromatic nitrogens is 1. The van der Waals surface area contributed by atoms with E-state index < -0.39 is 0 Å². The molecule has 2 rings (SSSR count). The smallest absolute Gasteiger partial charge is 0.0513 e. The third-order valence-corrected chi connectivity index (χ3v) is 4.38. The number of para-hydroxylation sites is 1. The highest BCUT2D eigenvalue weighted by molar-refractivity contribution is 5.83. The average molecular weight is 286 g/mol. The third kappa shape index (κ3) is 4.34. The number of benzene rings is 1. The number of nitrogens with zero attached hydrogens (tertiary/aromatic N) is 1. The maximum atomic E-state index is 6.16. The van der Waals surface area contributed by atoms with E-state index in [1.165, 1.54) is 48.6 Å². The highest BCUT2D eigenvalue weighted by atomic mass is 15.0. The number of nitrogens with two attached hydrogens (primary N) is 1. The van der Waals surface area contributed by atoms with Gasteiger partial charge in [-0.25, -0.2) is 0 Å². The zero-order chi connectivity index (χ0) is 15.1. The Kier molecular flexibility index (Phi) is 6.31. The molecule has 21 heavy (non-hydrogen) atoms. The van der Waals surface area contributed by atoms with Crippen LogP contribution in [0.1, 0.15) is 57.9 Å². The summed E-state index contributed by atoms with van der Waals surface area (Å²) in [5.74, 6) is 0. The Balaban J connectivity index is 2.09. The van der Waals surface area contributed by atoms with Crippen molar-refractivity contribution in [1.82, 2.24) is 4.57 Å². The van der Waals surface area contributed by atoms with E-state index in [9.17, 15) is 0 Å². The van der Waals surface area contributed by atoms with Crippen LogP contribution >= 0.6 is 0 Å². The van der Waals surface area contributed by atoms with Gasteiger partial charge >= 0.3 is 0 Å². The molecule has 2 nitrogen and oxygen atoms in total. The first-order valence-corrected chi connectivity index (χ1v) is 8.58. The molecular formula is C19H30N2. The van der Waals surface area contributed by atoms with Gasteiger partial charge in [-0.1, -0.05) is 57.7 Å². The molecule has 0 aliphatic heterocycles. The highest BCUT2D eigenvalue weighted by Crippen LogP contribution is 2.22. The molecule has 0 radical (unpaired) electrons. The lowest BCUT2D eigenvalue weighted by Gasteiger charge is -2.13. The van der Waals surface area contributed by atoms with Gasteiger partial charge < -0.3 is 10.3 Å². The Morgan fingerprint density at radius 2 is 1.86 bits per heavy atom. The molecule has 0 saturated heterocycles. The second-order valence-corrected chi connectivity index (χ2v) is 6.15. The number of unbranched alkanes of at least 4 members (excludes halogenated alkanes) is 4. The van der Waals surface area contributed by atoms with Crippen LogP contribution in [0.15, 0.2) is 30.5 Å². The van der Waals surface area contributed by atoms with Crippen molar-refractivity contribution in [3.8, 4) is 0 Å². The molecule has 1 aromatic carbocycles. The molecule has 0 saturated carbocycles. The summed E-state index contributed by atoms with van der Waals surface area (Å²) in [7, 11) is 0. The number of aryl methyl sites for hydroxylation is 1. The molecule has 2 heteroatoms. The summed E-state index contributed by atoms with van der Waals surface area (Å²) in [6, 6.07) is 9.12. The standard InChI is InChI=1S/C19H30N2/c1-3-5-6-7-8-13-21-14-12-16-10-9-11-17(19(16)21)15-18(20)4-2/h9-12,14,18H,3-8,13,15,20H2,1-2H3. The summed E-state index contributed by atoms with van der Waals surface area (Å²) >= 11 is 0. The Labute approximate surface area is 129 Å². The van der Waals surface area contributed by atoms with Crippen molar-refractivity contribution >= 4 is 10.9 Å². The third-order valence-electron chi connectivity index (χ3n) is 4.38. The Morgan fingerprint density at radius 3 is 2.62 bits per heavy atom. The van der Waals surface area contributed by atoms with Crippen molar-refractivity contribution in [1.29, 1.82) is 0 Å². The largest absolute Gasteiger partial charge is 0.347 e. The van der Waals surface area contributed by atoms with Gasteiger partial charge in [-0.2, -0.15) is 0 Å². The fourth-order valence-corrected chi connectivity index (χ4v) is 3.00. The highest BCUT2D eigenvalue weighted by Gasteiger charge is 2.09. The monoisotopic (exact) mass is 286 g/mol. The number of rotatable bonds is 9. The zero-order valence-corrected chi connectivity index (χ0v) is 13.6. The molecule has 2 N–H and O–H groups in total. The van der Waals surface area contributed by atoms with Crippen LogP contribution in [-0.2, 0) is 13.0 Å². The minimum absolute atomic E-state index is 0.267. The van der Waals surface area contributed by atoms with Crippen molar-refractivity contribution in [3.05, 3.63) is 36.0 Å². The zero-order valence-electron chi connectivity index (χ0n) is 13.6. The van der Waals surface area contributed by atoms with Crippen LogP contribution < -0.4 is 5.73 Å². The summed E-state index contributed by atoms with van der Waals surface area (Å²) < 4.78 is 2.43. The molecule has 1 atom stereocenters. The summed E-state index contributed by atoms with van der Waals surface area (Å²) in [4.78, 5) is 0. The molecule has 1 heterocycles. The molecule has 0 bridgehead atoms. The lowest BCUT2D eigenvalue weighted by molar-refractivity contribution is 0.575. The summed E-state index contributed by atoms with van der Waals surface area (Å²) in [5.41, 5.74) is 8.96. The summed E-state index contributed by atoms with van der Waals surface area (Å²) in [5, 5.41) is 1.35. The first kappa shape index (κ1) is 16.1. The minimum Gasteiger partial charge on any atom is -0.347 e. The second-order valence-electron chi connectivity index (χ2n) is 6.15. The van der Waals surface area contributed by atoms with Gasteiger partial charge in [0, 0.05) is 18.8 Å². The van der Waals surface area contributed by atoms with Gasteiger partial charge in [0.05, 0.1) is 5.52 Å². The predicted molar refractivity (Wildman–Crippen MR) is 92.7 cm³/mol. The molecule has 0 spiro atoms. The molecule has 2 aromatic rings. The first-order chi connectivity index (χ1) is 10.3. The van der Waals surface area contributed by atoms with E-state index in [0.29, 0.717) is 0 Å². The van der Waals surface area contributed by atoms with Crippen molar-refractivity contribution in [3.63, 3.8) is 0 Å². The van der Waals surface area contributed by atoms with Crippen molar-refractivity contribution in [2.45, 2.75) is 71.4 Å². The van der Waals surface area contributed by atoms with Crippen LogP contribution in [0.5, 0.6) is 0 Å². The first-order valence-electron chi connectivity index (χ1n) is 8.58. The lowest BCUT2D eigenvalue weighted by Crippen LogP contribution is -2.21. The van der Waals surface area contributed by atoms with Crippen LogP contribution in [-0.4, -0.2) is 10.6 Å². The molecule has 116 valence electrons. The van der Waals surface area contributed by atoms with Gasteiger partial charge in [0.25, 0.3) is 0 Å². The molecule has 0 aliphatic carbocycles. The molecule has 1 aromatic heterocycles. The van der Waals surface area contributed by atoms with Crippen LogP contribution in [0, 0.1) is 0 Å². The SMILES string of the molecule is CCCCCCCn1ccc2cccc(CC(N)CC)c21. The molecule has 0 aliphatic rings. The van der Waals surface area contributed by atoms with Crippen LogP contribution in [0.3, 0.4) is 0 Å². The number of hydrogen-bond acceptors (Lipinski definition) is 1. The van der Waals surface area contributed by atoms with Gasteiger partial charge in [-0.05, 0) is 36.3 Å². The van der Waals surface area contributed by atoms with E-state index >= 15 is 0 Å². The quantitative estimate of drug-likeness (QED) is 0.654. The second kappa shape index (κ2) is 8.23. The molecule has 1 unspecified atom stereocenters. The van der Waals surface area contributed by atoms with Gasteiger partial charge in [0.15, 0.2) is 0 Å². The van der Waals surface area contributed by atoms with E-state index in [1.807, 2.05) is 0 Å². The predicted octanol–water partition coefficient (Wildman–Crippen LogP) is 4.89. The minimum atomic E-state index is 0.267. The maximum Gasteiger partial charge on any atom is 0.0513 e. The van der Waals surface area contributed by atoms with Crippen LogP contribution in [0.4, 0.5) is 0 Å². The van der Waals surface area contributed by atoms with E-state index in [-0.39, 0.29) is 6.04 Å². The summed E-state index contributed by atoms with van der Waals surface area (Å²) in [6.45, 7) is 5.56. The number of hydrogen-bond donors (Lipinski definition) is 1. The normalized spacial score (nSPS) is 12.9. The Morgan fingerprint density at radius 1 is 1.05 bits per heavy atom. The van der Waals surface area contributed by atoms with Gasteiger partial charge in [-0.15, -0.1) is 0 Å². The topological polar surface area (TPSA) is 30.9 Å². The fourth-order valence-electron chi connectivity index (χ4n) is 3.00. The van der Waals surface area contributed by atoms with E-state index in [0.717, 1.165) is 19.4 Å². The van der Waals surface area contributed by atoms with E-state index in [1.54, 1.807) is 0 Å². The maximum absolute atomic E-state index is 6.16. The molecule has 0 fully saturated rings. The van der Waals surface area contributed by atoms with Crippen molar-refractivity contribution in [2.24, 2.45) is 5.73 Å². The van der Waals surface area contributed by atoms with Crippen LogP contribution in [0.25, 0.3) is 10.9 Å². The number of fused-ring (bicyclic) bond motifs is 1. The van der Waals surface area contributed by atoms with E-state index in [4.69, 9.17) is 5.73 Å². The fraction of sp³-hybridized carbons (Fsp3) is 0.579. The molecule has 0 amide bonds. The summed E-state index contributed by atoms with van der Waals surface area (Å²) in [6.07, 6.45) is 10.9. The van der Waals surface area contributed by atoms with Crippen molar-refractivity contribution < 1.29 is 0 Å². The van der Waals surface area contributed by atoms with E-state index in [2.05, 4.69) is 48.9 Å². The Hall–Kier alpha value is -1.28. The van der Waals surface area contributed by atoms with Gasteiger partial charge in [0.2, 0.25) is 0 Å². The van der Waals surface area contributed by atoms with Crippen LogP contribution in [0.2, 0.25) is 0 Å². The van der Waals surface area contributed by atoms with Gasteiger partial charge in [0.1, 0.15) is 0 Å². The van der Waals surface area contributed by atoms with Crippen molar-refractivity contribution in [2.75, 3.05) is 0 Å². The average Bonchev–Trinajstić information content (AvgIpc) is 2.91.